The van der Waals surface area contributed by atoms with Crippen LogP contribution in [0.25, 0.3) is 0 Å². The highest BCUT2D eigenvalue weighted by molar-refractivity contribution is 5.85. The minimum Gasteiger partial charge on any atom is -0.481 e. The number of hydrogen-bond acceptors (Lipinski definition) is 2. The minimum absolute atomic E-state index is 0.0637. The van der Waals surface area contributed by atoms with Crippen LogP contribution in [0.2, 0.25) is 0 Å². The maximum absolute atomic E-state index is 12.0. The summed E-state index contributed by atoms with van der Waals surface area (Å²) in [7, 11) is 0. The lowest BCUT2D eigenvalue weighted by Gasteiger charge is -2.27. The lowest BCUT2D eigenvalue weighted by molar-refractivity contribution is -0.151. The van der Waals surface area contributed by atoms with Crippen molar-refractivity contribution in [3.8, 4) is 0 Å². The molecule has 18 heavy (non-hydrogen) atoms. The van der Waals surface area contributed by atoms with Crippen LogP contribution >= 0.6 is 0 Å². The molecule has 2 saturated carbocycles. The fraction of sp³-hybridized carbons (Fsp3) is 0.857. The molecule has 2 fully saturated rings. The summed E-state index contributed by atoms with van der Waals surface area (Å²) in [6.45, 7) is 0. The van der Waals surface area contributed by atoms with Gasteiger partial charge in [-0.15, -0.1) is 0 Å². The average Bonchev–Trinajstić information content (AvgIpc) is 2.80. The Kier molecular flexibility index (Phi) is 4.25. The molecule has 0 saturated heterocycles. The third-order valence-corrected chi connectivity index (χ3v) is 4.48. The van der Waals surface area contributed by atoms with Crippen LogP contribution in [0.5, 0.6) is 0 Å². The second-order valence-corrected chi connectivity index (χ2v) is 5.87. The molecule has 2 aliphatic carbocycles. The molecule has 4 nitrogen and oxygen atoms in total. The van der Waals surface area contributed by atoms with Crippen molar-refractivity contribution in [2.45, 2.75) is 70.3 Å². The zero-order valence-electron chi connectivity index (χ0n) is 10.9. The summed E-state index contributed by atoms with van der Waals surface area (Å²) in [6.07, 6.45) is 9.04. The van der Waals surface area contributed by atoms with Gasteiger partial charge in [-0.1, -0.05) is 32.1 Å². The Labute approximate surface area is 108 Å². The lowest BCUT2D eigenvalue weighted by Crippen LogP contribution is -2.41. The molecule has 0 aliphatic heterocycles. The fourth-order valence-corrected chi connectivity index (χ4v) is 3.35. The summed E-state index contributed by atoms with van der Waals surface area (Å²) in [6, 6.07) is 0.276. The molecule has 0 bridgehead atoms. The van der Waals surface area contributed by atoms with Gasteiger partial charge in [-0.2, -0.15) is 0 Å². The SMILES string of the molecule is O=C(CC1(C(=O)O)CCCC1)NC1CCCCC1. The molecule has 0 unspecified atom stereocenters. The van der Waals surface area contributed by atoms with Crippen molar-refractivity contribution in [2.75, 3.05) is 0 Å². The van der Waals surface area contributed by atoms with Gasteiger partial charge in [0.15, 0.2) is 0 Å². The van der Waals surface area contributed by atoms with Crippen LogP contribution in [0.4, 0.5) is 0 Å². The number of carbonyl (C=O) groups is 2. The Bertz CT molecular complexity index is 315. The minimum atomic E-state index is -0.793. The Morgan fingerprint density at radius 2 is 1.67 bits per heavy atom. The van der Waals surface area contributed by atoms with Crippen LogP contribution in [0.1, 0.15) is 64.2 Å². The Hall–Kier alpha value is -1.06. The van der Waals surface area contributed by atoms with Gasteiger partial charge in [0.05, 0.1) is 5.41 Å². The van der Waals surface area contributed by atoms with Crippen molar-refractivity contribution in [1.29, 1.82) is 0 Å². The van der Waals surface area contributed by atoms with Crippen LogP contribution in [0, 0.1) is 5.41 Å². The van der Waals surface area contributed by atoms with Gasteiger partial charge in [0.2, 0.25) is 5.91 Å². The molecule has 2 rings (SSSR count). The topological polar surface area (TPSA) is 66.4 Å². The summed E-state index contributed by atoms with van der Waals surface area (Å²) < 4.78 is 0. The molecule has 0 aromatic rings. The largest absolute Gasteiger partial charge is 0.481 e. The molecule has 0 aromatic heterocycles. The fourth-order valence-electron chi connectivity index (χ4n) is 3.35. The first-order valence-electron chi connectivity index (χ1n) is 7.15. The maximum atomic E-state index is 12.0. The van der Waals surface area contributed by atoms with Gasteiger partial charge in [-0.25, -0.2) is 0 Å². The first-order valence-corrected chi connectivity index (χ1v) is 7.15. The highest BCUT2D eigenvalue weighted by Crippen LogP contribution is 2.41. The van der Waals surface area contributed by atoms with Crippen LogP contribution in [0.15, 0.2) is 0 Å². The van der Waals surface area contributed by atoms with Crippen molar-refractivity contribution in [1.82, 2.24) is 5.32 Å². The third-order valence-electron chi connectivity index (χ3n) is 4.48. The summed E-state index contributed by atoms with van der Waals surface area (Å²) in [4.78, 5) is 23.4. The van der Waals surface area contributed by atoms with Gasteiger partial charge in [-0.3, -0.25) is 9.59 Å². The highest BCUT2D eigenvalue weighted by Gasteiger charge is 2.43. The van der Waals surface area contributed by atoms with E-state index in [1.54, 1.807) is 0 Å². The van der Waals surface area contributed by atoms with Crippen LogP contribution in [-0.2, 0) is 9.59 Å². The number of hydrogen-bond donors (Lipinski definition) is 2. The first kappa shape index (κ1) is 13.4. The molecule has 0 spiro atoms. The van der Waals surface area contributed by atoms with E-state index in [9.17, 15) is 14.7 Å². The summed E-state index contributed by atoms with van der Waals surface area (Å²) >= 11 is 0. The molecule has 0 radical (unpaired) electrons. The molecule has 0 atom stereocenters. The van der Waals surface area contributed by atoms with E-state index < -0.39 is 11.4 Å². The molecule has 0 heterocycles. The maximum Gasteiger partial charge on any atom is 0.310 e. The second-order valence-electron chi connectivity index (χ2n) is 5.87. The smallest absolute Gasteiger partial charge is 0.310 e. The standard InChI is InChI=1S/C14H23NO3/c16-12(15-11-6-2-1-3-7-11)10-14(13(17)18)8-4-5-9-14/h11H,1-10H2,(H,15,16)(H,17,18). The Morgan fingerprint density at radius 1 is 1.06 bits per heavy atom. The van der Waals surface area contributed by atoms with Crippen molar-refractivity contribution in [3.63, 3.8) is 0 Å². The Morgan fingerprint density at radius 3 is 2.22 bits per heavy atom. The lowest BCUT2D eigenvalue weighted by atomic mass is 9.82. The van der Waals surface area contributed by atoms with Gasteiger partial charge in [-0.05, 0) is 25.7 Å². The van der Waals surface area contributed by atoms with Gasteiger partial charge in [0, 0.05) is 12.5 Å². The number of carboxylic acids is 1. The number of amides is 1. The number of nitrogens with one attached hydrogen (secondary N) is 1. The first-order chi connectivity index (χ1) is 8.62. The van der Waals surface area contributed by atoms with Crippen molar-refractivity contribution < 1.29 is 14.7 Å². The van der Waals surface area contributed by atoms with E-state index in [4.69, 9.17) is 0 Å². The molecular weight excluding hydrogens is 230 g/mol. The summed E-state index contributed by atoms with van der Waals surface area (Å²) in [5.41, 5.74) is -0.779. The zero-order chi connectivity index (χ0) is 13.0. The Balaban J connectivity index is 1.87. The quantitative estimate of drug-likeness (QED) is 0.808. The monoisotopic (exact) mass is 253 g/mol. The molecule has 4 heteroatoms. The van der Waals surface area contributed by atoms with E-state index in [-0.39, 0.29) is 18.4 Å². The second kappa shape index (κ2) is 5.72. The van der Waals surface area contributed by atoms with Gasteiger partial charge in [0.1, 0.15) is 0 Å². The van der Waals surface area contributed by atoms with E-state index in [2.05, 4.69) is 5.32 Å². The summed E-state index contributed by atoms with van der Waals surface area (Å²) in [5, 5.41) is 12.4. The predicted molar refractivity (Wildman–Crippen MR) is 68.2 cm³/mol. The molecule has 102 valence electrons. The molecule has 2 aliphatic rings. The van der Waals surface area contributed by atoms with Crippen LogP contribution < -0.4 is 5.32 Å². The van der Waals surface area contributed by atoms with Gasteiger partial charge >= 0.3 is 5.97 Å². The highest BCUT2D eigenvalue weighted by atomic mass is 16.4. The van der Waals surface area contributed by atoms with Gasteiger partial charge < -0.3 is 10.4 Å². The molecular formula is C14H23NO3. The predicted octanol–water partition coefficient (Wildman–Crippen LogP) is 2.47. The third kappa shape index (κ3) is 3.03. The van der Waals surface area contributed by atoms with Crippen molar-refractivity contribution >= 4 is 11.9 Å². The molecule has 2 N–H and O–H groups in total. The van der Waals surface area contributed by atoms with E-state index >= 15 is 0 Å². The number of carboxylic acid groups (broad SMARTS) is 1. The normalized spacial score (nSPS) is 23.8. The van der Waals surface area contributed by atoms with Crippen LogP contribution in [0.3, 0.4) is 0 Å². The number of carbonyl (C=O) groups excluding carboxylic acids is 1. The average molecular weight is 253 g/mol. The van der Waals surface area contributed by atoms with E-state index in [0.717, 1.165) is 25.7 Å². The van der Waals surface area contributed by atoms with Crippen LogP contribution in [-0.4, -0.2) is 23.0 Å². The number of aliphatic carboxylic acids is 1. The van der Waals surface area contributed by atoms with Crippen molar-refractivity contribution in [3.05, 3.63) is 0 Å². The molecule has 0 aromatic carbocycles. The van der Waals surface area contributed by atoms with Gasteiger partial charge in [0.25, 0.3) is 0 Å². The molecule has 1 amide bonds. The summed E-state index contributed by atoms with van der Waals surface area (Å²) in [5.74, 6) is -0.856. The number of rotatable bonds is 4. The van der Waals surface area contributed by atoms with E-state index in [0.29, 0.717) is 12.8 Å². The van der Waals surface area contributed by atoms with E-state index in [1.807, 2.05) is 0 Å². The van der Waals surface area contributed by atoms with Crippen molar-refractivity contribution in [2.24, 2.45) is 5.41 Å². The van der Waals surface area contributed by atoms with E-state index in [1.165, 1.54) is 19.3 Å². The zero-order valence-corrected chi connectivity index (χ0v) is 10.9.